The third-order valence-electron chi connectivity index (χ3n) is 6.59. The minimum atomic E-state index is -0.0344. The summed E-state index contributed by atoms with van der Waals surface area (Å²) in [6, 6.07) is 6.58. The molecule has 2 saturated heterocycles. The highest BCUT2D eigenvalue weighted by molar-refractivity contribution is 5.92. The van der Waals surface area contributed by atoms with E-state index < -0.39 is 0 Å². The molecule has 1 aromatic rings. The fraction of sp³-hybridized carbons (Fsp3) is 0.727. The van der Waals surface area contributed by atoms with Crippen LogP contribution >= 0.6 is 0 Å². The van der Waals surface area contributed by atoms with Gasteiger partial charge in [-0.15, -0.1) is 0 Å². The first-order valence-corrected chi connectivity index (χ1v) is 11.2. The normalized spacial score (nSPS) is 22.8. The van der Waals surface area contributed by atoms with Gasteiger partial charge in [0.15, 0.2) is 0 Å². The third kappa shape index (κ3) is 5.03. The maximum Gasteiger partial charge on any atom is 0.269 e. The van der Waals surface area contributed by atoms with Crippen molar-refractivity contribution >= 4 is 11.7 Å². The molecule has 1 aliphatic carbocycles. The smallest absolute Gasteiger partial charge is 0.269 e. The van der Waals surface area contributed by atoms with Crippen LogP contribution in [0.15, 0.2) is 18.2 Å². The molecule has 154 valence electrons. The van der Waals surface area contributed by atoms with E-state index in [1.54, 1.807) is 0 Å². The van der Waals surface area contributed by atoms with E-state index in [-0.39, 0.29) is 5.91 Å². The second-order valence-electron chi connectivity index (χ2n) is 8.58. The van der Waals surface area contributed by atoms with E-state index in [1.807, 2.05) is 18.2 Å². The Labute approximate surface area is 169 Å². The zero-order valence-electron chi connectivity index (χ0n) is 17.3. The van der Waals surface area contributed by atoms with Gasteiger partial charge < -0.3 is 15.1 Å². The summed E-state index contributed by atoms with van der Waals surface area (Å²) >= 11 is 0. The Balaban J connectivity index is 1.32. The number of hydrogen-bond acceptors (Lipinski definition) is 5. The number of pyridine rings is 1. The molecule has 1 aromatic heterocycles. The van der Waals surface area contributed by atoms with Gasteiger partial charge in [0, 0.05) is 38.8 Å². The van der Waals surface area contributed by atoms with Crippen molar-refractivity contribution in [2.75, 3.05) is 57.3 Å². The molecular formula is C22H35N5O. The Kier molecular flexibility index (Phi) is 6.47. The summed E-state index contributed by atoms with van der Waals surface area (Å²) in [4.78, 5) is 24.7. The van der Waals surface area contributed by atoms with Crippen molar-refractivity contribution in [3.63, 3.8) is 0 Å². The van der Waals surface area contributed by atoms with Crippen LogP contribution in [-0.2, 0) is 0 Å². The van der Waals surface area contributed by atoms with Crippen LogP contribution < -0.4 is 10.2 Å². The van der Waals surface area contributed by atoms with Crippen LogP contribution in [0.4, 0.5) is 5.82 Å². The Bertz CT molecular complexity index is 654. The zero-order valence-corrected chi connectivity index (χ0v) is 17.3. The van der Waals surface area contributed by atoms with Crippen LogP contribution in [0, 0.1) is 5.92 Å². The van der Waals surface area contributed by atoms with Crippen molar-refractivity contribution < 1.29 is 4.79 Å². The summed E-state index contributed by atoms with van der Waals surface area (Å²) in [5.41, 5.74) is 0.547. The summed E-state index contributed by atoms with van der Waals surface area (Å²) in [7, 11) is 0. The number of aromatic nitrogens is 1. The summed E-state index contributed by atoms with van der Waals surface area (Å²) in [5.74, 6) is 1.60. The van der Waals surface area contributed by atoms with Gasteiger partial charge >= 0.3 is 0 Å². The molecule has 0 unspecified atom stereocenters. The first-order chi connectivity index (χ1) is 13.7. The first-order valence-electron chi connectivity index (χ1n) is 11.2. The van der Waals surface area contributed by atoms with Crippen LogP contribution in [0.5, 0.6) is 0 Å². The molecule has 0 atom stereocenters. The number of carbonyl (C=O) groups is 1. The van der Waals surface area contributed by atoms with Gasteiger partial charge in [-0.25, -0.2) is 4.98 Å². The molecule has 1 saturated carbocycles. The lowest BCUT2D eigenvalue weighted by Crippen LogP contribution is -2.46. The van der Waals surface area contributed by atoms with Crippen molar-refractivity contribution in [2.45, 2.75) is 45.1 Å². The SMILES string of the molecule is CCN1CCC(N2CCCN(c3cccc(C(=O)NCC4CC4)n3)CC2)CC1. The minimum absolute atomic E-state index is 0.0344. The van der Waals surface area contributed by atoms with Gasteiger partial charge in [-0.05, 0) is 69.8 Å². The van der Waals surface area contributed by atoms with Gasteiger partial charge in [-0.2, -0.15) is 0 Å². The lowest BCUT2D eigenvalue weighted by molar-refractivity contribution is 0.0947. The van der Waals surface area contributed by atoms with Gasteiger partial charge in [-0.1, -0.05) is 13.0 Å². The first kappa shape index (κ1) is 19.6. The summed E-state index contributed by atoms with van der Waals surface area (Å²) in [6.45, 7) is 11.0. The van der Waals surface area contributed by atoms with E-state index in [0.29, 0.717) is 11.6 Å². The average Bonchev–Trinajstić information content (AvgIpc) is 3.59. The highest BCUT2D eigenvalue weighted by atomic mass is 16.1. The number of anilines is 1. The number of piperidine rings is 1. The van der Waals surface area contributed by atoms with Crippen molar-refractivity contribution in [1.82, 2.24) is 20.1 Å². The summed E-state index contributed by atoms with van der Waals surface area (Å²) in [6.07, 6.45) is 6.24. The summed E-state index contributed by atoms with van der Waals surface area (Å²) in [5, 5.41) is 3.03. The van der Waals surface area contributed by atoms with Crippen molar-refractivity contribution in [2.24, 2.45) is 5.92 Å². The maximum atomic E-state index is 12.4. The molecule has 6 heteroatoms. The molecule has 0 radical (unpaired) electrons. The number of carbonyl (C=O) groups excluding carboxylic acids is 1. The zero-order chi connectivity index (χ0) is 19.3. The van der Waals surface area contributed by atoms with Crippen LogP contribution in [-0.4, -0.2) is 79.1 Å². The Morgan fingerprint density at radius 1 is 1.07 bits per heavy atom. The molecule has 28 heavy (non-hydrogen) atoms. The third-order valence-corrected chi connectivity index (χ3v) is 6.59. The number of hydrogen-bond donors (Lipinski definition) is 1. The highest BCUT2D eigenvalue weighted by Crippen LogP contribution is 2.27. The molecule has 3 fully saturated rings. The number of amides is 1. The van der Waals surface area contributed by atoms with Crippen molar-refractivity contribution in [3.05, 3.63) is 23.9 Å². The second-order valence-corrected chi connectivity index (χ2v) is 8.58. The van der Waals surface area contributed by atoms with E-state index in [0.717, 1.165) is 44.5 Å². The van der Waals surface area contributed by atoms with E-state index in [4.69, 9.17) is 0 Å². The molecular weight excluding hydrogens is 350 g/mol. The number of rotatable bonds is 6. The average molecular weight is 386 g/mol. The molecule has 1 N–H and O–H groups in total. The lowest BCUT2D eigenvalue weighted by atomic mass is 10.0. The van der Waals surface area contributed by atoms with E-state index in [9.17, 15) is 4.79 Å². The van der Waals surface area contributed by atoms with Gasteiger partial charge in [0.2, 0.25) is 0 Å². The predicted octanol–water partition coefficient (Wildman–Crippen LogP) is 2.22. The van der Waals surface area contributed by atoms with Crippen molar-refractivity contribution in [3.8, 4) is 0 Å². The van der Waals surface area contributed by atoms with Gasteiger partial charge in [-0.3, -0.25) is 9.69 Å². The van der Waals surface area contributed by atoms with Crippen LogP contribution in [0.1, 0.15) is 49.5 Å². The standard InChI is InChI=1S/C22H35N5O/c1-2-25-13-9-19(10-14-25)26-11-4-12-27(16-15-26)21-6-3-5-20(24-21)22(28)23-17-18-7-8-18/h3,5-6,18-19H,2,4,7-17H2,1H3,(H,23,28). The fourth-order valence-corrected chi connectivity index (χ4v) is 4.51. The molecule has 3 heterocycles. The van der Waals surface area contributed by atoms with Gasteiger partial charge in [0.05, 0.1) is 0 Å². The molecule has 4 rings (SSSR count). The molecule has 3 aliphatic rings. The summed E-state index contributed by atoms with van der Waals surface area (Å²) < 4.78 is 0. The Morgan fingerprint density at radius 3 is 2.64 bits per heavy atom. The second kappa shape index (κ2) is 9.23. The van der Waals surface area contributed by atoms with Crippen LogP contribution in [0.25, 0.3) is 0 Å². The van der Waals surface area contributed by atoms with Crippen molar-refractivity contribution in [1.29, 1.82) is 0 Å². The molecule has 2 aliphatic heterocycles. The predicted molar refractivity (Wildman–Crippen MR) is 113 cm³/mol. The lowest BCUT2D eigenvalue weighted by Gasteiger charge is -2.37. The number of nitrogens with zero attached hydrogens (tertiary/aromatic N) is 4. The topological polar surface area (TPSA) is 51.7 Å². The largest absolute Gasteiger partial charge is 0.355 e. The van der Waals surface area contributed by atoms with Gasteiger partial charge in [0.1, 0.15) is 11.5 Å². The van der Waals surface area contributed by atoms with Gasteiger partial charge in [0.25, 0.3) is 5.91 Å². The molecule has 0 aromatic carbocycles. The molecule has 6 nitrogen and oxygen atoms in total. The quantitative estimate of drug-likeness (QED) is 0.814. The molecule has 0 spiro atoms. The number of likely N-dealkylation sites (tertiary alicyclic amines) is 1. The number of nitrogens with one attached hydrogen (secondary N) is 1. The van der Waals surface area contributed by atoms with E-state index in [1.165, 1.54) is 51.9 Å². The van der Waals surface area contributed by atoms with Crippen LogP contribution in [0.2, 0.25) is 0 Å². The minimum Gasteiger partial charge on any atom is -0.355 e. The van der Waals surface area contributed by atoms with E-state index >= 15 is 0 Å². The molecule has 0 bridgehead atoms. The fourth-order valence-electron chi connectivity index (χ4n) is 4.51. The molecule has 1 amide bonds. The Hall–Kier alpha value is -1.66. The van der Waals surface area contributed by atoms with E-state index in [2.05, 4.69) is 31.9 Å². The van der Waals surface area contributed by atoms with Crippen LogP contribution in [0.3, 0.4) is 0 Å². The monoisotopic (exact) mass is 385 g/mol. The Morgan fingerprint density at radius 2 is 1.89 bits per heavy atom. The highest BCUT2D eigenvalue weighted by Gasteiger charge is 2.26. The maximum absolute atomic E-state index is 12.4.